The summed E-state index contributed by atoms with van der Waals surface area (Å²) in [5.41, 5.74) is 3.78. The van der Waals surface area contributed by atoms with Gasteiger partial charge in [-0.25, -0.2) is 4.68 Å². The normalized spacial score (nSPS) is 19.6. The molecule has 0 saturated heterocycles. The SMILES string of the molecule is CCc1ccc([C@@H]2C[C@H](c3cccc(Cl)c3)n3ncnc3N2)cc1. The van der Waals surface area contributed by atoms with Gasteiger partial charge in [-0.3, -0.25) is 0 Å². The van der Waals surface area contributed by atoms with E-state index in [1.807, 2.05) is 22.9 Å². The highest BCUT2D eigenvalue weighted by Crippen LogP contribution is 2.37. The molecule has 3 aromatic rings. The van der Waals surface area contributed by atoms with Crippen LogP contribution in [0.2, 0.25) is 5.02 Å². The molecule has 0 amide bonds. The van der Waals surface area contributed by atoms with Gasteiger partial charge in [0.1, 0.15) is 6.33 Å². The lowest BCUT2D eigenvalue weighted by Crippen LogP contribution is -2.28. The Bertz CT molecular complexity index is 841. The summed E-state index contributed by atoms with van der Waals surface area (Å²) in [4.78, 5) is 4.37. The summed E-state index contributed by atoms with van der Waals surface area (Å²) in [5, 5.41) is 8.65. The van der Waals surface area contributed by atoms with Gasteiger partial charge in [-0.05, 0) is 41.7 Å². The van der Waals surface area contributed by atoms with E-state index in [2.05, 4.69) is 52.7 Å². The average Bonchev–Trinajstić information content (AvgIpc) is 3.09. The standard InChI is InChI=1S/C19H19ClN4/c1-2-13-6-8-14(9-7-13)17-11-18(15-4-3-5-16(20)10-15)24-19(23-17)21-12-22-24/h3-10,12,17-18H,2,11H2,1H3,(H,21,22,23)/t17-,18+/m0/s1. The van der Waals surface area contributed by atoms with Crippen molar-refractivity contribution in [2.45, 2.75) is 31.8 Å². The number of anilines is 1. The van der Waals surface area contributed by atoms with E-state index < -0.39 is 0 Å². The molecule has 0 saturated carbocycles. The lowest BCUT2D eigenvalue weighted by molar-refractivity contribution is 0.431. The van der Waals surface area contributed by atoms with Gasteiger partial charge in [0.05, 0.1) is 12.1 Å². The second-order valence-electron chi connectivity index (χ2n) is 6.13. The molecule has 2 atom stereocenters. The molecule has 4 nitrogen and oxygen atoms in total. The Hall–Kier alpha value is -2.33. The quantitative estimate of drug-likeness (QED) is 0.756. The van der Waals surface area contributed by atoms with Gasteiger partial charge in [0.15, 0.2) is 0 Å². The number of benzene rings is 2. The minimum absolute atomic E-state index is 0.123. The first kappa shape index (κ1) is 15.2. The zero-order valence-corrected chi connectivity index (χ0v) is 14.2. The fraction of sp³-hybridized carbons (Fsp3) is 0.263. The van der Waals surface area contributed by atoms with Crippen molar-refractivity contribution in [3.63, 3.8) is 0 Å². The molecule has 24 heavy (non-hydrogen) atoms. The first-order chi connectivity index (χ1) is 11.7. The molecular weight excluding hydrogens is 320 g/mol. The zero-order chi connectivity index (χ0) is 16.5. The molecule has 2 heterocycles. The van der Waals surface area contributed by atoms with Crippen molar-refractivity contribution in [2.24, 2.45) is 0 Å². The molecule has 2 aromatic carbocycles. The monoisotopic (exact) mass is 338 g/mol. The topological polar surface area (TPSA) is 42.7 Å². The van der Waals surface area contributed by atoms with Gasteiger partial charge >= 0.3 is 0 Å². The van der Waals surface area contributed by atoms with E-state index in [1.54, 1.807) is 6.33 Å². The third-order valence-corrected chi connectivity index (χ3v) is 4.89. The third-order valence-electron chi connectivity index (χ3n) is 4.65. The van der Waals surface area contributed by atoms with E-state index >= 15 is 0 Å². The van der Waals surface area contributed by atoms with Gasteiger partial charge in [-0.15, -0.1) is 0 Å². The smallest absolute Gasteiger partial charge is 0.222 e. The van der Waals surface area contributed by atoms with Crippen LogP contribution in [0.15, 0.2) is 54.9 Å². The number of aryl methyl sites for hydroxylation is 1. The third kappa shape index (κ3) is 2.78. The molecule has 4 rings (SSSR count). The number of fused-ring (bicyclic) bond motifs is 1. The lowest BCUT2D eigenvalue weighted by Gasteiger charge is -2.32. The van der Waals surface area contributed by atoms with Gasteiger partial charge in [0, 0.05) is 5.02 Å². The Morgan fingerprint density at radius 1 is 1.17 bits per heavy atom. The van der Waals surface area contributed by atoms with Crippen LogP contribution in [0.4, 0.5) is 5.95 Å². The molecule has 1 aliphatic rings. The fourth-order valence-electron chi connectivity index (χ4n) is 3.32. The summed E-state index contributed by atoms with van der Waals surface area (Å²) in [6.07, 6.45) is 3.56. The number of halogens is 1. The number of hydrogen-bond acceptors (Lipinski definition) is 3. The van der Waals surface area contributed by atoms with Crippen LogP contribution in [0.3, 0.4) is 0 Å². The number of rotatable bonds is 3. The van der Waals surface area contributed by atoms with Crippen molar-refractivity contribution in [2.75, 3.05) is 5.32 Å². The van der Waals surface area contributed by atoms with Crippen molar-refractivity contribution in [3.8, 4) is 0 Å². The van der Waals surface area contributed by atoms with E-state index in [4.69, 9.17) is 11.6 Å². The highest BCUT2D eigenvalue weighted by Gasteiger charge is 2.29. The molecule has 0 aliphatic carbocycles. The fourth-order valence-corrected chi connectivity index (χ4v) is 3.51. The van der Waals surface area contributed by atoms with Crippen molar-refractivity contribution < 1.29 is 0 Å². The second kappa shape index (κ2) is 6.29. The average molecular weight is 339 g/mol. The Balaban J connectivity index is 1.70. The zero-order valence-electron chi connectivity index (χ0n) is 13.5. The molecule has 5 heteroatoms. The number of nitrogens with zero attached hydrogens (tertiary/aromatic N) is 3. The van der Waals surface area contributed by atoms with Crippen LogP contribution in [0, 0.1) is 0 Å². The van der Waals surface area contributed by atoms with E-state index in [-0.39, 0.29) is 12.1 Å². The molecule has 0 fully saturated rings. The Morgan fingerprint density at radius 3 is 2.75 bits per heavy atom. The van der Waals surface area contributed by atoms with Gasteiger partial charge in [-0.1, -0.05) is 54.9 Å². The maximum Gasteiger partial charge on any atom is 0.222 e. The molecule has 1 aromatic heterocycles. The molecule has 0 spiro atoms. The highest BCUT2D eigenvalue weighted by molar-refractivity contribution is 6.30. The van der Waals surface area contributed by atoms with Crippen molar-refractivity contribution in [1.82, 2.24) is 14.8 Å². The van der Waals surface area contributed by atoms with E-state index in [1.165, 1.54) is 11.1 Å². The Kier molecular flexibility index (Phi) is 3.98. The van der Waals surface area contributed by atoms with Gasteiger partial charge in [-0.2, -0.15) is 10.1 Å². The van der Waals surface area contributed by atoms with Crippen molar-refractivity contribution in [3.05, 3.63) is 76.6 Å². The van der Waals surface area contributed by atoms with Crippen LogP contribution in [0.1, 0.15) is 42.1 Å². The molecule has 0 unspecified atom stereocenters. The van der Waals surface area contributed by atoms with Crippen LogP contribution in [0.25, 0.3) is 0 Å². The molecule has 0 radical (unpaired) electrons. The van der Waals surface area contributed by atoms with Crippen LogP contribution >= 0.6 is 11.6 Å². The number of aromatic nitrogens is 3. The van der Waals surface area contributed by atoms with Crippen molar-refractivity contribution >= 4 is 17.5 Å². The first-order valence-electron chi connectivity index (χ1n) is 8.25. The summed E-state index contributed by atoms with van der Waals surface area (Å²) in [6, 6.07) is 17.1. The summed E-state index contributed by atoms with van der Waals surface area (Å²) < 4.78 is 1.95. The molecule has 1 aliphatic heterocycles. The predicted molar refractivity (Wildman–Crippen MR) is 96.4 cm³/mol. The van der Waals surface area contributed by atoms with E-state index in [0.29, 0.717) is 0 Å². The second-order valence-corrected chi connectivity index (χ2v) is 6.56. The molecule has 122 valence electrons. The summed E-state index contributed by atoms with van der Waals surface area (Å²) in [7, 11) is 0. The van der Waals surface area contributed by atoms with Crippen LogP contribution in [0.5, 0.6) is 0 Å². The van der Waals surface area contributed by atoms with Crippen LogP contribution in [-0.4, -0.2) is 14.8 Å². The maximum atomic E-state index is 6.19. The number of hydrogen-bond donors (Lipinski definition) is 1. The van der Waals surface area contributed by atoms with Crippen LogP contribution in [-0.2, 0) is 6.42 Å². The predicted octanol–water partition coefficient (Wildman–Crippen LogP) is 4.64. The lowest BCUT2D eigenvalue weighted by atomic mass is 9.93. The maximum absolute atomic E-state index is 6.19. The van der Waals surface area contributed by atoms with Crippen LogP contribution < -0.4 is 5.32 Å². The first-order valence-corrected chi connectivity index (χ1v) is 8.62. The van der Waals surface area contributed by atoms with Gasteiger partial charge in [0.2, 0.25) is 5.95 Å². The van der Waals surface area contributed by atoms with E-state index in [0.717, 1.165) is 29.4 Å². The molecular formula is C19H19ClN4. The van der Waals surface area contributed by atoms with Gasteiger partial charge in [0.25, 0.3) is 0 Å². The molecule has 0 bridgehead atoms. The largest absolute Gasteiger partial charge is 0.348 e. The Morgan fingerprint density at radius 2 is 2.00 bits per heavy atom. The molecule has 1 N–H and O–H groups in total. The minimum Gasteiger partial charge on any atom is -0.348 e. The summed E-state index contributed by atoms with van der Waals surface area (Å²) in [6.45, 7) is 2.17. The van der Waals surface area contributed by atoms with Crippen molar-refractivity contribution in [1.29, 1.82) is 0 Å². The minimum atomic E-state index is 0.123. The van der Waals surface area contributed by atoms with E-state index in [9.17, 15) is 0 Å². The summed E-state index contributed by atoms with van der Waals surface area (Å²) in [5.74, 6) is 0.802. The Labute approximate surface area is 146 Å². The number of nitrogens with one attached hydrogen (secondary N) is 1. The highest BCUT2D eigenvalue weighted by atomic mass is 35.5. The summed E-state index contributed by atoms with van der Waals surface area (Å²) >= 11 is 6.19. The van der Waals surface area contributed by atoms with Gasteiger partial charge < -0.3 is 5.32 Å².